The van der Waals surface area contributed by atoms with Crippen LogP contribution in [0, 0.1) is 15.9 Å². The highest BCUT2D eigenvalue weighted by atomic mass is 127. The molecule has 1 rings (SSSR count). The lowest BCUT2D eigenvalue weighted by Crippen LogP contribution is -2.33. The number of hydrogen-bond acceptors (Lipinski definition) is 3. The highest BCUT2D eigenvalue weighted by Gasteiger charge is 2.20. The van der Waals surface area contributed by atoms with E-state index in [4.69, 9.17) is 6.42 Å². The second kappa shape index (κ2) is 4.66. The first-order valence-electron chi connectivity index (χ1n) is 4.51. The van der Waals surface area contributed by atoms with Gasteiger partial charge in [0.05, 0.1) is 11.9 Å². The molecule has 1 atom stereocenters. The van der Waals surface area contributed by atoms with Crippen LogP contribution in [0.4, 0.5) is 5.82 Å². The molecule has 1 aromatic rings. The highest BCUT2D eigenvalue weighted by Crippen LogP contribution is 2.18. The summed E-state index contributed by atoms with van der Waals surface area (Å²) >= 11 is 1.94. The summed E-state index contributed by atoms with van der Waals surface area (Å²) in [4.78, 5) is 17.9. The number of terminal acetylenes is 1. The first kappa shape index (κ1) is 12.0. The summed E-state index contributed by atoms with van der Waals surface area (Å²) in [6, 6.07) is 0. The molecule has 0 bridgehead atoms. The lowest BCUT2D eigenvalue weighted by molar-refractivity contribution is 0.630. The minimum atomic E-state index is -0.472. The van der Waals surface area contributed by atoms with Crippen LogP contribution in [0.2, 0.25) is 0 Å². The summed E-state index contributed by atoms with van der Waals surface area (Å²) in [7, 11) is 0. The first-order valence-corrected chi connectivity index (χ1v) is 5.59. The Morgan fingerprint density at radius 3 is 3.00 bits per heavy atom. The van der Waals surface area contributed by atoms with E-state index < -0.39 is 5.54 Å². The lowest BCUT2D eigenvalue weighted by Gasteiger charge is -2.24. The molecule has 0 spiro atoms. The molecular formula is C10H12IN3O. The maximum absolute atomic E-state index is 11.3. The van der Waals surface area contributed by atoms with Crippen LogP contribution in [0.1, 0.15) is 20.3 Å². The minimum absolute atomic E-state index is 0.163. The quantitative estimate of drug-likeness (QED) is 0.657. The zero-order valence-electron chi connectivity index (χ0n) is 8.60. The Bertz CT molecular complexity index is 449. The van der Waals surface area contributed by atoms with Gasteiger partial charge in [0, 0.05) is 0 Å². The van der Waals surface area contributed by atoms with Crippen LogP contribution >= 0.6 is 22.6 Å². The van der Waals surface area contributed by atoms with Gasteiger partial charge in [-0.15, -0.1) is 6.42 Å². The van der Waals surface area contributed by atoms with Gasteiger partial charge < -0.3 is 10.3 Å². The minimum Gasteiger partial charge on any atom is -0.353 e. The molecule has 0 radical (unpaired) electrons. The second-order valence-corrected chi connectivity index (χ2v) is 4.43. The van der Waals surface area contributed by atoms with Gasteiger partial charge >= 0.3 is 0 Å². The van der Waals surface area contributed by atoms with Gasteiger partial charge in [0.2, 0.25) is 0 Å². The fourth-order valence-corrected chi connectivity index (χ4v) is 1.39. The molecular weight excluding hydrogens is 305 g/mol. The van der Waals surface area contributed by atoms with E-state index in [-0.39, 0.29) is 5.56 Å². The molecule has 0 saturated heterocycles. The molecule has 0 amide bonds. The van der Waals surface area contributed by atoms with E-state index >= 15 is 0 Å². The predicted molar refractivity (Wildman–Crippen MR) is 68.7 cm³/mol. The SMILES string of the molecule is C#CC(C)(CC)Nc1nc[nH]c(=O)c1I. The molecule has 0 aliphatic carbocycles. The number of nitrogens with one attached hydrogen (secondary N) is 2. The second-order valence-electron chi connectivity index (χ2n) is 3.35. The fraction of sp³-hybridized carbons (Fsp3) is 0.400. The molecule has 0 aliphatic heterocycles. The number of aromatic amines is 1. The van der Waals surface area contributed by atoms with Crippen LogP contribution in [-0.2, 0) is 0 Å². The molecule has 0 saturated carbocycles. The van der Waals surface area contributed by atoms with E-state index in [1.807, 2.05) is 36.4 Å². The van der Waals surface area contributed by atoms with Crippen LogP contribution < -0.4 is 10.9 Å². The van der Waals surface area contributed by atoms with E-state index in [0.717, 1.165) is 6.42 Å². The Balaban J connectivity index is 3.06. The van der Waals surface area contributed by atoms with Crippen molar-refractivity contribution in [2.45, 2.75) is 25.8 Å². The lowest BCUT2D eigenvalue weighted by atomic mass is 10.0. The van der Waals surface area contributed by atoms with Crippen molar-refractivity contribution in [3.05, 3.63) is 20.3 Å². The third-order valence-corrected chi connectivity index (χ3v) is 3.22. The van der Waals surface area contributed by atoms with Crippen LogP contribution in [0.3, 0.4) is 0 Å². The Kier molecular flexibility index (Phi) is 3.74. The smallest absolute Gasteiger partial charge is 0.266 e. The van der Waals surface area contributed by atoms with Crippen molar-refractivity contribution in [1.82, 2.24) is 9.97 Å². The summed E-state index contributed by atoms with van der Waals surface area (Å²) in [6.07, 6.45) is 7.54. The van der Waals surface area contributed by atoms with Crippen molar-refractivity contribution in [1.29, 1.82) is 0 Å². The van der Waals surface area contributed by atoms with Gasteiger partial charge in [-0.3, -0.25) is 4.79 Å². The number of hydrogen-bond donors (Lipinski definition) is 2. The normalized spacial score (nSPS) is 14.0. The molecule has 0 aromatic carbocycles. The summed E-state index contributed by atoms with van der Waals surface area (Å²) in [5.41, 5.74) is -0.635. The first-order chi connectivity index (χ1) is 7.02. The zero-order valence-corrected chi connectivity index (χ0v) is 10.8. The third-order valence-electron chi connectivity index (χ3n) is 2.22. The maximum Gasteiger partial charge on any atom is 0.266 e. The topological polar surface area (TPSA) is 57.8 Å². The van der Waals surface area contributed by atoms with E-state index in [1.54, 1.807) is 0 Å². The number of halogens is 1. The summed E-state index contributed by atoms with van der Waals surface area (Å²) < 4.78 is 0.519. The van der Waals surface area contributed by atoms with Crippen LogP contribution in [0.5, 0.6) is 0 Å². The number of nitrogens with zero attached hydrogens (tertiary/aromatic N) is 1. The van der Waals surface area contributed by atoms with E-state index in [1.165, 1.54) is 6.33 Å². The average molecular weight is 317 g/mol. The zero-order chi connectivity index (χ0) is 11.5. The predicted octanol–water partition coefficient (Wildman–Crippen LogP) is 1.59. The van der Waals surface area contributed by atoms with Crippen molar-refractivity contribution in [3.8, 4) is 12.3 Å². The number of H-pyrrole nitrogens is 1. The van der Waals surface area contributed by atoms with Gasteiger partial charge in [0.15, 0.2) is 0 Å². The fourth-order valence-electron chi connectivity index (χ4n) is 0.958. The van der Waals surface area contributed by atoms with Gasteiger partial charge in [-0.25, -0.2) is 4.98 Å². The Morgan fingerprint density at radius 1 is 1.80 bits per heavy atom. The molecule has 80 valence electrons. The number of rotatable bonds is 3. The number of anilines is 1. The molecule has 15 heavy (non-hydrogen) atoms. The average Bonchev–Trinajstić information content (AvgIpc) is 2.25. The molecule has 1 unspecified atom stereocenters. The Labute approximate surface area is 102 Å². The molecule has 0 fully saturated rings. The van der Waals surface area contributed by atoms with Crippen molar-refractivity contribution < 1.29 is 0 Å². The van der Waals surface area contributed by atoms with Crippen molar-refractivity contribution >= 4 is 28.4 Å². The molecule has 2 N–H and O–H groups in total. The Morgan fingerprint density at radius 2 is 2.47 bits per heavy atom. The summed E-state index contributed by atoms with van der Waals surface area (Å²) in [5.74, 6) is 3.19. The standard InChI is InChI=1S/C10H12IN3O/c1-4-10(3,5-2)14-8-7(11)9(15)13-6-12-8/h1,6H,5H2,2-3H3,(H2,12,13,14,15). The van der Waals surface area contributed by atoms with E-state index in [9.17, 15) is 4.79 Å². The van der Waals surface area contributed by atoms with Gasteiger partial charge in [-0.05, 0) is 35.9 Å². The number of aromatic nitrogens is 2. The third kappa shape index (κ3) is 2.72. The van der Waals surface area contributed by atoms with Gasteiger partial charge in [0.1, 0.15) is 9.39 Å². The Hall–Kier alpha value is -1.03. The van der Waals surface area contributed by atoms with Gasteiger partial charge in [-0.1, -0.05) is 12.8 Å². The van der Waals surface area contributed by atoms with Crippen molar-refractivity contribution in [2.75, 3.05) is 5.32 Å². The van der Waals surface area contributed by atoms with Crippen molar-refractivity contribution in [2.24, 2.45) is 0 Å². The van der Waals surface area contributed by atoms with Crippen molar-refractivity contribution in [3.63, 3.8) is 0 Å². The van der Waals surface area contributed by atoms with Crippen LogP contribution in [-0.4, -0.2) is 15.5 Å². The molecule has 5 heteroatoms. The van der Waals surface area contributed by atoms with Crippen LogP contribution in [0.25, 0.3) is 0 Å². The summed E-state index contributed by atoms with van der Waals surface area (Å²) in [5, 5.41) is 3.09. The highest BCUT2D eigenvalue weighted by molar-refractivity contribution is 14.1. The van der Waals surface area contributed by atoms with Gasteiger partial charge in [-0.2, -0.15) is 0 Å². The molecule has 4 nitrogen and oxygen atoms in total. The maximum atomic E-state index is 11.3. The molecule has 1 heterocycles. The summed E-state index contributed by atoms with van der Waals surface area (Å²) in [6.45, 7) is 3.87. The van der Waals surface area contributed by atoms with E-state index in [2.05, 4.69) is 21.2 Å². The van der Waals surface area contributed by atoms with Crippen LogP contribution in [0.15, 0.2) is 11.1 Å². The molecule has 0 aliphatic rings. The van der Waals surface area contributed by atoms with E-state index in [0.29, 0.717) is 9.39 Å². The monoisotopic (exact) mass is 317 g/mol. The molecule has 1 aromatic heterocycles. The van der Waals surface area contributed by atoms with Gasteiger partial charge in [0.25, 0.3) is 5.56 Å². The largest absolute Gasteiger partial charge is 0.353 e.